The molecule has 3 heterocycles. The Morgan fingerprint density at radius 2 is 2.24 bits per heavy atom. The maximum Gasteiger partial charge on any atom is 0.258 e. The van der Waals surface area contributed by atoms with E-state index in [0.717, 1.165) is 27.8 Å². The Morgan fingerprint density at radius 3 is 3.00 bits per heavy atom. The maximum absolute atomic E-state index is 11.9. The Labute approximate surface area is 130 Å². The van der Waals surface area contributed by atoms with Gasteiger partial charge in [-0.25, -0.2) is 9.97 Å². The fourth-order valence-corrected chi connectivity index (χ4v) is 3.60. The van der Waals surface area contributed by atoms with Crippen LogP contribution >= 0.6 is 22.7 Å². The highest BCUT2D eigenvalue weighted by Gasteiger charge is 2.10. The first-order valence-corrected chi connectivity index (χ1v) is 8.56. The lowest BCUT2D eigenvalue weighted by Gasteiger charge is -2.10. The van der Waals surface area contributed by atoms with E-state index in [-0.39, 0.29) is 11.6 Å². The van der Waals surface area contributed by atoms with Crippen molar-refractivity contribution in [2.75, 3.05) is 0 Å². The number of hydrogen-bond acceptors (Lipinski definition) is 6. The van der Waals surface area contributed by atoms with E-state index in [2.05, 4.69) is 34.5 Å². The molecule has 1 N–H and O–H groups in total. The predicted octanol–water partition coefficient (Wildman–Crippen LogP) is 2.63. The molecule has 1 atom stereocenters. The van der Waals surface area contributed by atoms with Crippen LogP contribution in [0.15, 0.2) is 27.8 Å². The summed E-state index contributed by atoms with van der Waals surface area (Å²) in [5.74, 6) is 0. The Morgan fingerprint density at radius 1 is 1.38 bits per heavy atom. The molecule has 21 heavy (non-hydrogen) atoms. The van der Waals surface area contributed by atoms with Crippen molar-refractivity contribution in [1.82, 2.24) is 19.7 Å². The molecule has 0 radical (unpaired) electrons. The Kier molecular flexibility index (Phi) is 4.14. The van der Waals surface area contributed by atoms with Gasteiger partial charge in [-0.05, 0) is 13.3 Å². The van der Waals surface area contributed by atoms with E-state index in [1.165, 1.54) is 11.3 Å². The van der Waals surface area contributed by atoms with E-state index >= 15 is 0 Å². The second-order valence-corrected chi connectivity index (χ2v) is 6.58. The molecule has 0 saturated heterocycles. The average molecular weight is 320 g/mol. The first-order chi connectivity index (χ1) is 10.2. The standard InChI is InChI=1S/C14H16N4OS2/c1-3-12-17-11(8-21-12)9(2)15-7-10-6-13(19)18-4-5-20-14(18)16-10/h4-6,8-9,15H,3,7H2,1-2H3. The summed E-state index contributed by atoms with van der Waals surface area (Å²) in [7, 11) is 0. The molecule has 0 aliphatic rings. The SMILES string of the molecule is CCc1nc(C(C)NCc2cc(=O)n3ccsc3n2)cs1. The molecule has 0 amide bonds. The highest BCUT2D eigenvalue weighted by atomic mass is 32.1. The molecular weight excluding hydrogens is 304 g/mol. The number of aryl methyl sites for hydroxylation is 1. The van der Waals surface area contributed by atoms with Gasteiger partial charge in [-0.2, -0.15) is 0 Å². The minimum atomic E-state index is -0.0346. The van der Waals surface area contributed by atoms with Gasteiger partial charge in [-0.1, -0.05) is 6.92 Å². The van der Waals surface area contributed by atoms with Crippen LogP contribution in [0.3, 0.4) is 0 Å². The predicted molar refractivity (Wildman–Crippen MR) is 86.1 cm³/mol. The monoisotopic (exact) mass is 320 g/mol. The number of fused-ring (bicyclic) bond motifs is 1. The minimum Gasteiger partial charge on any atom is -0.303 e. The van der Waals surface area contributed by atoms with Gasteiger partial charge < -0.3 is 5.32 Å². The number of aromatic nitrogens is 3. The molecule has 0 bridgehead atoms. The number of rotatable bonds is 5. The largest absolute Gasteiger partial charge is 0.303 e. The van der Waals surface area contributed by atoms with Crippen LogP contribution in [0.2, 0.25) is 0 Å². The van der Waals surface area contributed by atoms with Crippen LogP contribution in [-0.4, -0.2) is 14.4 Å². The molecule has 0 aromatic carbocycles. The third-order valence-electron chi connectivity index (χ3n) is 3.26. The summed E-state index contributed by atoms with van der Waals surface area (Å²) < 4.78 is 1.56. The Hall–Kier alpha value is -1.57. The quantitative estimate of drug-likeness (QED) is 0.785. The fourth-order valence-electron chi connectivity index (χ4n) is 2.03. The first-order valence-electron chi connectivity index (χ1n) is 6.81. The first kappa shape index (κ1) is 14.4. The van der Waals surface area contributed by atoms with Crippen molar-refractivity contribution in [2.24, 2.45) is 0 Å². The van der Waals surface area contributed by atoms with Gasteiger partial charge in [-0.15, -0.1) is 22.7 Å². The maximum atomic E-state index is 11.9. The second kappa shape index (κ2) is 6.05. The molecular formula is C14H16N4OS2. The van der Waals surface area contributed by atoms with Gasteiger partial charge in [-0.3, -0.25) is 9.20 Å². The highest BCUT2D eigenvalue weighted by molar-refractivity contribution is 7.15. The minimum absolute atomic E-state index is 0.0346. The van der Waals surface area contributed by atoms with E-state index < -0.39 is 0 Å². The summed E-state index contributed by atoms with van der Waals surface area (Å²) >= 11 is 3.15. The highest BCUT2D eigenvalue weighted by Crippen LogP contribution is 2.17. The van der Waals surface area contributed by atoms with E-state index in [4.69, 9.17) is 0 Å². The van der Waals surface area contributed by atoms with Crippen LogP contribution in [-0.2, 0) is 13.0 Å². The third kappa shape index (κ3) is 3.04. The van der Waals surface area contributed by atoms with Crippen molar-refractivity contribution in [1.29, 1.82) is 0 Å². The van der Waals surface area contributed by atoms with Crippen molar-refractivity contribution in [3.63, 3.8) is 0 Å². The van der Waals surface area contributed by atoms with Gasteiger partial charge in [0.05, 0.1) is 16.4 Å². The molecule has 5 nitrogen and oxygen atoms in total. The lowest BCUT2D eigenvalue weighted by molar-refractivity contribution is 0.556. The molecule has 0 aliphatic carbocycles. The van der Waals surface area contributed by atoms with E-state index in [1.54, 1.807) is 28.0 Å². The van der Waals surface area contributed by atoms with Crippen LogP contribution in [0.5, 0.6) is 0 Å². The molecule has 3 aromatic rings. The number of hydrogen-bond donors (Lipinski definition) is 1. The van der Waals surface area contributed by atoms with E-state index in [1.807, 2.05) is 5.38 Å². The Bertz CT molecular complexity index is 805. The normalized spacial score (nSPS) is 12.9. The van der Waals surface area contributed by atoms with Gasteiger partial charge in [0, 0.05) is 35.6 Å². The Balaban J connectivity index is 1.72. The van der Waals surface area contributed by atoms with Gasteiger partial charge in [0.25, 0.3) is 5.56 Å². The summed E-state index contributed by atoms with van der Waals surface area (Å²) in [6.07, 6.45) is 2.71. The van der Waals surface area contributed by atoms with Crippen LogP contribution in [0.4, 0.5) is 0 Å². The average Bonchev–Trinajstić information content (AvgIpc) is 3.13. The topological polar surface area (TPSA) is 59.3 Å². The molecule has 0 saturated carbocycles. The molecule has 110 valence electrons. The fraction of sp³-hybridized carbons (Fsp3) is 0.357. The molecule has 3 aromatic heterocycles. The lowest BCUT2D eigenvalue weighted by Crippen LogP contribution is -2.21. The van der Waals surface area contributed by atoms with E-state index in [0.29, 0.717) is 6.54 Å². The number of nitrogens with zero attached hydrogens (tertiary/aromatic N) is 3. The van der Waals surface area contributed by atoms with Crippen molar-refractivity contribution in [3.05, 3.63) is 49.8 Å². The molecule has 7 heteroatoms. The summed E-state index contributed by atoms with van der Waals surface area (Å²) in [5, 5.41) is 8.47. The van der Waals surface area contributed by atoms with Gasteiger partial charge in [0.15, 0.2) is 4.96 Å². The van der Waals surface area contributed by atoms with Crippen molar-refractivity contribution in [2.45, 2.75) is 32.9 Å². The van der Waals surface area contributed by atoms with Crippen molar-refractivity contribution in [3.8, 4) is 0 Å². The van der Waals surface area contributed by atoms with Gasteiger partial charge in [0.2, 0.25) is 0 Å². The van der Waals surface area contributed by atoms with Crippen LogP contribution < -0.4 is 10.9 Å². The molecule has 3 rings (SSSR count). The second-order valence-electron chi connectivity index (χ2n) is 4.76. The van der Waals surface area contributed by atoms with Crippen LogP contribution in [0.1, 0.15) is 36.3 Å². The molecule has 1 unspecified atom stereocenters. The molecule has 0 spiro atoms. The number of thiazole rings is 2. The lowest BCUT2D eigenvalue weighted by atomic mass is 10.2. The summed E-state index contributed by atoms with van der Waals surface area (Å²) in [5.41, 5.74) is 1.78. The molecule has 0 fully saturated rings. The smallest absolute Gasteiger partial charge is 0.258 e. The van der Waals surface area contributed by atoms with Crippen molar-refractivity contribution < 1.29 is 0 Å². The van der Waals surface area contributed by atoms with Crippen LogP contribution in [0, 0.1) is 0 Å². The molecule has 0 aliphatic heterocycles. The zero-order valence-electron chi connectivity index (χ0n) is 11.9. The van der Waals surface area contributed by atoms with E-state index in [9.17, 15) is 4.79 Å². The van der Waals surface area contributed by atoms with Crippen molar-refractivity contribution >= 4 is 27.6 Å². The summed E-state index contributed by atoms with van der Waals surface area (Å²) in [6.45, 7) is 4.74. The summed E-state index contributed by atoms with van der Waals surface area (Å²) in [6, 6.07) is 1.72. The third-order valence-corrected chi connectivity index (χ3v) is 5.03. The van der Waals surface area contributed by atoms with Gasteiger partial charge in [0.1, 0.15) is 0 Å². The number of nitrogens with one attached hydrogen (secondary N) is 1. The zero-order chi connectivity index (χ0) is 14.8. The van der Waals surface area contributed by atoms with Crippen LogP contribution in [0.25, 0.3) is 4.96 Å². The van der Waals surface area contributed by atoms with Gasteiger partial charge >= 0.3 is 0 Å². The summed E-state index contributed by atoms with van der Waals surface area (Å²) in [4.78, 5) is 21.7. The zero-order valence-corrected chi connectivity index (χ0v) is 13.5.